The summed E-state index contributed by atoms with van der Waals surface area (Å²) in [5.41, 5.74) is 11.9. The molecule has 1 rings (SSSR count). The molecule has 0 atom stereocenters. The van der Waals surface area contributed by atoms with Crippen molar-refractivity contribution >= 4 is 18.0 Å². The van der Waals surface area contributed by atoms with Gasteiger partial charge in [-0.3, -0.25) is 4.79 Å². The maximum Gasteiger partial charge on any atom is 0.293 e. The van der Waals surface area contributed by atoms with Crippen molar-refractivity contribution in [3.63, 3.8) is 0 Å². The van der Waals surface area contributed by atoms with Crippen LogP contribution in [-0.2, 0) is 16.0 Å². The van der Waals surface area contributed by atoms with E-state index < -0.39 is 0 Å². The van der Waals surface area contributed by atoms with Gasteiger partial charge in [-0.15, -0.1) is 0 Å². The van der Waals surface area contributed by atoms with Gasteiger partial charge in [0.2, 0.25) is 0 Å². The lowest BCUT2D eigenvalue weighted by Gasteiger charge is -2.04. The zero-order valence-electron chi connectivity index (χ0n) is 6.93. The third-order valence-electron chi connectivity index (χ3n) is 1.52. The highest BCUT2D eigenvalue weighted by molar-refractivity contribution is 5.60. The molecule has 0 radical (unpaired) electrons. The Morgan fingerprint density at radius 3 is 2.92 bits per heavy atom. The van der Waals surface area contributed by atoms with Crippen LogP contribution in [0.4, 0.5) is 11.5 Å². The van der Waals surface area contributed by atoms with Crippen LogP contribution in [-0.4, -0.2) is 23.0 Å². The minimum absolute atomic E-state index is 0.240. The molecule has 0 bridgehead atoms. The average molecular weight is 182 g/mol. The zero-order chi connectivity index (χ0) is 9.68. The van der Waals surface area contributed by atoms with E-state index in [0.29, 0.717) is 24.3 Å². The topological polar surface area (TPSA) is 104 Å². The number of carbonyl (C=O) groups is 1. The van der Waals surface area contributed by atoms with Gasteiger partial charge in [0.05, 0.1) is 18.0 Å². The van der Waals surface area contributed by atoms with Gasteiger partial charge in [-0.2, -0.15) is 0 Å². The normalized spacial score (nSPS) is 9.54. The lowest BCUT2D eigenvalue weighted by atomic mass is 10.2. The quantitative estimate of drug-likeness (QED) is 0.474. The molecule has 6 nitrogen and oxygen atoms in total. The molecule has 0 saturated carbocycles. The van der Waals surface area contributed by atoms with E-state index in [2.05, 4.69) is 14.7 Å². The molecule has 6 heteroatoms. The van der Waals surface area contributed by atoms with E-state index in [-0.39, 0.29) is 12.4 Å². The number of hydrogen-bond acceptors (Lipinski definition) is 6. The Labute approximate surface area is 74.9 Å². The Bertz CT molecular complexity index is 303. The van der Waals surface area contributed by atoms with Crippen molar-refractivity contribution in [3.8, 4) is 0 Å². The van der Waals surface area contributed by atoms with Crippen LogP contribution in [0, 0.1) is 0 Å². The molecule has 1 heterocycles. The Balaban J connectivity index is 2.65. The number of nitrogens with zero attached hydrogens (tertiary/aromatic N) is 2. The third kappa shape index (κ3) is 2.29. The first-order valence-corrected chi connectivity index (χ1v) is 3.65. The molecule has 0 fully saturated rings. The fourth-order valence-electron chi connectivity index (χ4n) is 0.851. The molecule has 0 unspecified atom stereocenters. The van der Waals surface area contributed by atoms with Crippen molar-refractivity contribution in [1.82, 2.24) is 9.97 Å². The smallest absolute Gasteiger partial charge is 0.293 e. The summed E-state index contributed by atoms with van der Waals surface area (Å²) in [5.74, 6) is 0.246. The number of nitrogen functional groups attached to an aromatic ring is 2. The second kappa shape index (κ2) is 4.24. The van der Waals surface area contributed by atoms with Crippen LogP contribution in [0.2, 0.25) is 0 Å². The second-order valence-corrected chi connectivity index (χ2v) is 2.34. The fourth-order valence-corrected chi connectivity index (χ4v) is 0.851. The van der Waals surface area contributed by atoms with E-state index in [0.717, 1.165) is 0 Å². The fraction of sp³-hybridized carbons (Fsp3) is 0.286. The van der Waals surface area contributed by atoms with Gasteiger partial charge in [-0.05, 0) is 0 Å². The minimum Gasteiger partial charge on any atom is -0.467 e. The average Bonchev–Trinajstić information content (AvgIpc) is 2.13. The predicted octanol–water partition coefficient (Wildman–Crippen LogP) is -0.643. The molecule has 1 aromatic rings. The summed E-state index contributed by atoms with van der Waals surface area (Å²) in [4.78, 5) is 17.4. The van der Waals surface area contributed by atoms with Crippen molar-refractivity contribution in [2.45, 2.75) is 6.42 Å². The van der Waals surface area contributed by atoms with Gasteiger partial charge in [0.25, 0.3) is 6.47 Å². The number of nitrogens with two attached hydrogens (primary N) is 2. The van der Waals surface area contributed by atoms with E-state index in [9.17, 15) is 4.79 Å². The lowest BCUT2D eigenvalue weighted by molar-refractivity contribution is -0.128. The number of ether oxygens (including phenoxy) is 1. The first-order chi connectivity index (χ1) is 6.25. The van der Waals surface area contributed by atoms with Gasteiger partial charge >= 0.3 is 0 Å². The van der Waals surface area contributed by atoms with Crippen LogP contribution in [0.3, 0.4) is 0 Å². The maximum absolute atomic E-state index is 9.84. The molecular weight excluding hydrogens is 172 g/mol. The van der Waals surface area contributed by atoms with Crippen LogP contribution >= 0.6 is 0 Å². The number of rotatable bonds is 4. The third-order valence-corrected chi connectivity index (χ3v) is 1.52. The van der Waals surface area contributed by atoms with E-state index in [1.165, 1.54) is 6.33 Å². The van der Waals surface area contributed by atoms with E-state index in [4.69, 9.17) is 11.5 Å². The molecule has 0 aromatic carbocycles. The van der Waals surface area contributed by atoms with Gasteiger partial charge in [0, 0.05) is 6.42 Å². The molecule has 70 valence electrons. The highest BCUT2D eigenvalue weighted by atomic mass is 16.5. The first kappa shape index (κ1) is 9.24. The van der Waals surface area contributed by atoms with Crippen LogP contribution in [0.1, 0.15) is 5.69 Å². The van der Waals surface area contributed by atoms with Crippen molar-refractivity contribution in [2.24, 2.45) is 0 Å². The molecule has 0 amide bonds. The Morgan fingerprint density at radius 1 is 1.46 bits per heavy atom. The summed E-state index contributed by atoms with van der Waals surface area (Å²) in [7, 11) is 0. The molecule has 13 heavy (non-hydrogen) atoms. The molecular formula is C7H10N4O2. The second-order valence-electron chi connectivity index (χ2n) is 2.34. The lowest BCUT2D eigenvalue weighted by Crippen LogP contribution is -2.07. The molecule has 0 aliphatic heterocycles. The monoisotopic (exact) mass is 182 g/mol. The summed E-state index contributed by atoms with van der Waals surface area (Å²) in [6.07, 6.45) is 1.76. The standard InChI is InChI=1S/C7H10N4O2/c8-6-5(1-2-13-4-12)10-3-11-7(6)9/h3-4H,1-2,8H2,(H2,9,10,11). The summed E-state index contributed by atoms with van der Waals surface area (Å²) < 4.78 is 4.49. The zero-order valence-corrected chi connectivity index (χ0v) is 6.93. The van der Waals surface area contributed by atoms with Crippen LogP contribution < -0.4 is 11.5 Å². The summed E-state index contributed by atoms with van der Waals surface area (Å²) >= 11 is 0. The predicted molar refractivity (Wildman–Crippen MR) is 46.6 cm³/mol. The molecule has 0 spiro atoms. The number of carbonyl (C=O) groups excluding carboxylic acids is 1. The van der Waals surface area contributed by atoms with Crippen molar-refractivity contribution in [3.05, 3.63) is 12.0 Å². The van der Waals surface area contributed by atoms with Gasteiger partial charge in [-0.1, -0.05) is 0 Å². The van der Waals surface area contributed by atoms with Crippen molar-refractivity contribution < 1.29 is 9.53 Å². The van der Waals surface area contributed by atoms with E-state index in [1.807, 2.05) is 0 Å². The first-order valence-electron chi connectivity index (χ1n) is 3.65. The maximum atomic E-state index is 9.84. The summed E-state index contributed by atoms with van der Waals surface area (Å²) in [6.45, 7) is 0.616. The molecule has 1 aromatic heterocycles. The largest absolute Gasteiger partial charge is 0.467 e. The number of anilines is 2. The molecule has 4 N–H and O–H groups in total. The summed E-state index contributed by atoms with van der Waals surface area (Å²) in [6, 6.07) is 0. The molecule has 0 aliphatic carbocycles. The van der Waals surface area contributed by atoms with Crippen molar-refractivity contribution in [1.29, 1.82) is 0 Å². The van der Waals surface area contributed by atoms with Gasteiger partial charge in [0.1, 0.15) is 12.1 Å². The van der Waals surface area contributed by atoms with Crippen LogP contribution in [0.25, 0.3) is 0 Å². The minimum atomic E-state index is 0.240. The number of hydrogen-bond donors (Lipinski definition) is 2. The van der Waals surface area contributed by atoms with Crippen LogP contribution in [0.15, 0.2) is 6.33 Å². The van der Waals surface area contributed by atoms with Gasteiger partial charge < -0.3 is 16.2 Å². The summed E-state index contributed by atoms with van der Waals surface area (Å²) in [5, 5.41) is 0. The highest BCUT2D eigenvalue weighted by Crippen LogP contribution is 2.14. The van der Waals surface area contributed by atoms with Crippen LogP contribution in [0.5, 0.6) is 0 Å². The molecule has 0 aliphatic rings. The van der Waals surface area contributed by atoms with Gasteiger partial charge in [-0.25, -0.2) is 9.97 Å². The van der Waals surface area contributed by atoms with Crippen molar-refractivity contribution in [2.75, 3.05) is 18.1 Å². The Morgan fingerprint density at radius 2 is 2.23 bits per heavy atom. The van der Waals surface area contributed by atoms with Gasteiger partial charge in [0.15, 0.2) is 0 Å². The van der Waals surface area contributed by atoms with E-state index >= 15 is 0 Å². The Kier molecular flexibility index (Phi) is 3.02. The highest BCUT2D eigenvalue weighted by Gasteiger charge is 2.04. The number of aromatic nitrogens is 2. The Hall–Kier alpha value is -1.85. The SMILES string of the molecule is Nc1ncnc(CCOC=O)c1N. The van der Waals surface area contributed by atoms with E-state index in [1.54, 1.807) is 0 Å². The molecule has 0 saturated heterocycles.